The fourth-order valence-electron chi connectivity index (χ4n) is 0.700. The van der Waals surface area contributed by atoms with E-state index in [1.54, 1.807) is 17.0 Å². The second kappa shape index (κ2) is 3.16. The van der Waals surface area contributed by atoms with E-state index < -0.39 is 12.0 Å². The highest BCUT2D eigenvalue weighted by Gasteiger charge is 2.10. The second-order valence-corrected chi connectivity index (χ2v) is 2.20. The van der Waals surface area contributed by atoms with Crippen LogP contribution in [0.15, 0.2) is 18.7 Å². The quantitative estimate of drug-likeness (QED) is 0.604. The molecule has 0 aromatic carbocycles. The van der Waals surface area contributed by atoms with Crippen LogP contribution in [-0.4, -0.2) is 26.7 Å². The number of carbonyl (C=O) groups is 1. The van der Waals surface area contributed by atoms with E-state index >= 15 is 0 Å². The van der Waals surface area contributed by atoms with Crippen LogP contribution in [0.4, 0.5) is 0 Å². The molecular weight excluding hydrogens is 146 g/mol. The first kappa shape index (κ1) is 7.74. The molecule has 0 bridgehead atoms. The fourth-order valence-corrected chi connectivity index (χ4v) is 0.700. The van der Waals surface area contributed by atoms with Gasteiger partial charge in [-0.25, -0.2) is 4.98 Å². The number of aromatic nitrogens is 2. The zero-order valence-electron chi connectivity index (χ0n) is 5.84. The number of nitrogens with zero attached hydrogens (tertiary/aromatic N) is 2. The maximum atomic E-state index is 10.3. The first-order chi connectivity index (χ1) is 5.20. The van der Waals surface area contributed by atoms with Crippen molar-refractivity contribution in [1.29, 1.82) is 0 Å². The van der Waals surface area contributed by atoms with Gasteiger partial charge in [-0.1, -0.05) is 0 Å². The summed E-state index contributed by atoms with van der Waals surface area (Å²) in [5, 5.41) is 8.42. The Hall–Kier alpha value is -1.36. The molecule has 0 spiro atoms. The number of aliphatic carboxylic acids is 1. The Labute approximate surface area is 63.5 Å². The van der Waals surface area contributed by atoms with Gasteiger partial charge < -0.3 is 15.4 Å². The first-order valence-corrected chi connectivity index (χ1v) is 3.14. The molecule has 0 saturated carbocycles. The average Bonchev–Trinajstić information content (AvgIpc) is 2.39. The summed E-state index contributed by atoms with van der Waals surface area (Å²) in [4.78, 5) is 14.0. The molecule has 0 radical (unpaired) electrons. The standard InChI is InChI=1S/C6H9N3O2/c7-5(6(10)11)3-9-2-1-8-4-9/h1-2,4-5H,3,7H2,(H,10,11). The van der Waals surface area contributed by atoms with Crippen molar-refractivity contribution in [3.05, 3.63) is 18.7 Å². The number of hydrogen-bond donors (Lipinski definition) is 2. The molecule has 60 valence electrons. The van der Waals surface area contributed by atoms with Crippen molar-refractivity contribution in [3.8, 4) is 0 Å². The van der Waals surface area contributed by atoms with Crippen LogP contribution in [0.1, 0.15) is 0 Å². The van der Waals surface area contributed by atoms with Crippen molar-refractivity contribution >= 4 is 5.97 Å². The van der Waals surface area contributed by atoms with E-state index in [4.69, 9.17) is 10.8 Å². The van der Waals surface area contributed by atoms with Crippen molar-refractivity contribution in [2.45, 2.75) is 12.6 Å². The number of nitrogens with two attached hydrogens (primary N) is 1. The zero-order valence-corrected chi connectivity index (χ0v) is 5.84. The maximum absolute atomic E-state index is 10.3. The van der Waals surface area contributed by atoms with Gasteiger partial charge in [0.25, 0.3) is 0 Å². The van der Waals surface area contributed by atoms with E-state index in [0.717, 1.165) is 0 Å². The number of hydrogen-bond acceptors (Lipinski definition) is 3. The van der Waals surface area contributed by atoms with Crippen LogP contribution in [0, 0.1) is 0 Å². The predicted molar refractivity (Wildman–Crippen MR) is 37.8 cm³/mol. The summed E-state index contributed by atoms with van der Waals surface area (Å²) < 4.78 is 1.62. The van der Waals surface area contributed by atoms with Crippen LogP contribution in [0.25, 0.3) is 0 Å². The number of carboxylic acids is 1. The molecule has 1 atom stereocenters. The summed E-state index contributed by atoms with van der Waals surface area (Å²) >= 11 is 0. The highest BCUT2D eigenvalue weighted by molar-refractivity contribution is 5.72. The lowest BCUT2D eigenvalue weighted by Gasteiger charge is -2.05. The van der Waals surface area contributed by atoms with Gasteiger partial charge in [-0.15, -0.1) is 0 Å². The molecule has 1 heterocycles. The molecule has 0 saturated heterocycles. The van der Waals surface area contributed by atoms with Crippen LogP contribution in [-0.2, 0) is 11.3 Å². The number of rotatable bonds is 3. The molecule has 0 aliphatic heterocycles. The van der Waals surface area contributed by atoms with Gasteiger partial charge in [-0.2, -0.15) is 0 Å². The van der Waals surface area contributed by atoms with Gasteiger partial charge in [0, 0.05) is 18.9 Å². The Morgan fingerprint density at radius 3 is 3.00 bits per heavy atom. The summed E-state index contributed by atoms with van der Waals surface area (Å²) in [5.41, 5.74) is 5.26. The second-order valence-electron chi connectivity index (χ2n) is 2.20. The highest BCUT2D eigenvalue weighted by atomic mass is 16.4. The molecule has 3 N–H and O–H groups in total. The minimum atomic E-state index is -1.00. The van der Waals surface area contributed by atoms with E-state index in [1.807, 2.05) is 0 Å². The molecule has 1 rings (SSSR count). The average molecular weight is 155 g/mol. The molecular formula is C6H9N3O2. The summed E-state index contributed by atoms with van der Waals surface area (Å²) in [6, 6.07) is -0.857. The van der Waals surface area contributed by atoms with Gasteiger partial charge in [0.1, 0.15) is 6.04 Å². The molecule has 5 nitrogen and oxygen atoms in total. The highest BCUT2D eigenvalue weighted by Crippen LogP contribution is 1.89. The van der Waals surface area contributed by atoms with Gasteiger partial charge in [0.2, 0.25) is 0 Å². The molecule has 5 heteroatoms. The van der Waals surface area contributed by atoms with Crippen LogP contribution in [0.2, 0.25) is 0 Å². The van der Waals surface area contributed by atoms with Crippen molar-refractivity contribution in [2.75, 3.05) is 0 Å². The third-order valence-corrected chi connectivity index (χ3v) is 1.28. The van der Waals surface area contributed by atoms with Crippen LogP contribution < -0.4 is 5.73 Å². The van der Waals surface area contributed by atoms with Crippen molar-refractivity contribution in [2.24, 2.45) is 5.73 Å². The summed E-state index contributed by atoms with van der Waals surface area (Å²) in [6.07, 6.45) is 4.78. The molecule has 1 aromatic rings. The fraction of sp³-hybridized carbons (Fsp3) is 0.333. The minimum absolute atomic E-state index is 0.259. The van der Waals surface area contributed by atoms with Gasteiger partial charge in [-0.05, 0) is 0 Å². The van der Waals surface area contributed by atoms with Gasteiger partial charge >= 0.3 is 5.97 Å². The monoisotopic (exact) mass is 155 g/mol. The molecule has 1 unspecified atom stereocenters. The van der Waals surface area contributed by atoms with E-state index in [-0.39, 0.29) is 6.54 Å². The van der Waals surface area contributed by atoms with E-state index in [2.05, 4.69) is 4.98 Å². The SMILES string of the molecule is NC(Cn1ccnc1)C(=O)O. The van der Waals surface area contributed by atoms with Crippen molar-refractivity contribution in [1.82, 2.24) is 9.55 Å². The Kier molecular flexibility index (Phi) is 2.22. The third kappa shape index (κ3) is 2.05. The zero-order chi connectivity index (χ0) is 8.27. The van der Waals surface area contributed by atoms with Gasteiger partial charge in [0.15, 0.2) is 0 Å². The van der Waals surface area contributed by atoms with E-state index in [9.17, 15) is 4.79 Å². The van der Waals surface area contributed by atoms with Crippen molar-refractivity contribution < 1.29 is 9.90 Å². The Morgan fingerprint density at radius 2 is 2.55 bits per heavy atom. The third-order valence-electron chi connectivity index (χ3n) is 1.28. The normalized spacial score (nSPS) is 12.8. The summed E-state index contributed by atoms with van der Waals surface area (Å²) in [5.74, 6) is -1.00. The van der Waals surface area contributed by atoms with Crippen LogP contribution >= 0.6 is 0 Å². The lowest BCUT2D eigenvalue weighted by molar-refractivity contribution is -0.138. The Bertz CT molecular complexity index is 232. The lowest BCUT2D eigenvalue weighted by Crippen LogP contribution is -2.34. The molecule has 0 amide bonds. The summed E-state index contributed by atoms with van der Waals surface area (Å²) in [7, 11) is 0. The van der Waals surface area contributed by atoms with E-state index in [1.165, 1.54) is 6.33 Å². The maximum Gasteiger partial charge on any atom is 0.322 e. The Morgan fingerprint density at radius 1 is 1.82 bits per heavy atom. The van der Waals surface area contributed by atoms with Crippen LogP contribution in [0.3, 0.4) is 0 Å². The number of carboxylic acid groups (broad SMARTS) is 1. The molecule has 0 aliphatic rings. The van der Waals surface area contributed by atoms with Crippen molar-refractivity contribution in [3.63, 3.8) is 0 Å². The lowest BCUT2D eigenvalue weighted by atomic mass is 10.3. The molecule has 0 aliphatic carbocycles. The smallest absolute Gasteiger partial charge is 0.322 e. The Balaban J connectivity index is 2.50. The topological polar surface area (TPSA) is 81.1 Å². The molecule has 1 aromatic heterocycles. The molecule has 11 heavy (non-hydrogen) atoms. The van der Waals surface area contributed by atoms with Gasteiger partial charge in [0.05, 0.1) is 6.33 Å². The largest absolute Gasteiger partial charge is 0.480 e. The number of imidazole rings is 1. The minimum Gasteiger partial charge on any atom is -0.480 e. The first-order valence-electron chi connectivity index (χ1n) is 3.14. The predicted octanol–water partition coefficient (Wildman–Crippen LogP) is -0.705. The van der Waals surface area contributed by atoms with Crippen LogP contribution in [0.5, 0.6) is 0 Å². The summed E-state index contributed by atoms with van der Waals surface area (Å²) in [6.45, 7) is 0.259. The van der Waals surface area contributed by atoms with E-state index in [0.29, 0.717) is 0 Å². The molecule has 0 fully saturated rings. The van der Waals surface area contributed by atoms with Gasteiger partial charge in [-0.3, -0.25) is 4.79 Å².